The summed E-state index contributed by atoms with van der Waals surface area (Å²) in [5, 5.41) is 4.21. The van der Waals surface area contributed by atoms with Gasteiger partial charge in [0.25, 0.3) is 5.91 Å². The Hall–Kier alpha value is -1.96. The van der Waals surface area contributed by atoms with Crippen molar-refractivity contribution in [3.63, 3.8) is 0 Å². The van der Waals surface area contributed by atoms with Crippen molar-refractivity contribution in [3.05, 3.63) is 58.1 Å². The molecule has 0 radical (unpaired) electrons. The Labute approximate surface area is 194 Å². The third-order valence-electron chi connectivity index (χ3n) is 4.48. The van der Waals surface area contributed by atoms with Crippen LogP contribution < -0.4 is 10.1 Å². The van der Waals surface area contributed by atoms with Crippen molar-refractivity contribution in [1.29, 1.82) is 0 Å². The molecule has 9 heteroatoms. The summed E-state index contributed by atoms with van der Waals surface area (Å²) in [5.41, 5.74) is 1.52. The lowest BCUT2D eigenvalue weighted by Gasteiger charge is -2.23. The molecular weight excluding hydrogens is 459 g/mol. The Morgan fingerprint density at radius 1 is 1.06 bits per heavy atom. The topological polar surface area (TPSA) is 75.7 Å². The first-order chi connectivity index (χ1) is 14.7. The summed E-state index contributed by atoms with van der Waals surface area (Å²) in [5.74, 6) is 0.391. The normalized spacial score (nSPS) is 11.2. The largest absolute Gasteiger partial charge is 0.484 e. The predicted molar refractivity (Wildman–Crippen MR) is 127 cm³/mol. The van der Waals surface area contributed by atoms with Crippen LogP contribution in [0.3, 0.4) is 0 Å². The summed E-state index contributed by atoms with van der Waals surface area (Å²) in [6, 6.07) is 12.0. The summed E-state index contributed by atoms with van der Waals surface area (Å²) in [7, 11) is -3.09. The van der Waals surface area contributed by atoms with E-state index in [4.69, 9.17) is 27.9 Å². The summed E-state index contributed by atoms with van der Waals surface area (Å²) in [4.78, 5) is 14.4. The van der Waals surface area contributed by atoms with E-state index in [0.717, 1.165) is 18.5 Å². The van der Waals surface area contributed by atoms with E-state index in [2.05, 4.69) is 12.2 Å². The number of halogens is 2. The number of nitrogens with zero attached hydrogens (tertiary/aromatic N) is 1. The minimum absolute atomic E-state index is 0.0250. The molecule has 1 N–H and O–H groups in total. The molecule has 0 aliphatic rings. The molecule has 0 fully saturated rings. The van der Waals surface area contributed by atoms with Gasteiger partial charge < -0.3 is 15.0 Å². The maximum Gasteiger partial charge on any atom is 0.260 e. The number of carbonyl (C=O) groups excluding carboxylic acids is 1. The van der Waals surface area contributed by atoms with Gasteiger partial charge >= 0.3 is 0 Å². The third-order valence-corrected chi connectivity index (χ3v) is 6.08. The van der Waals surface area contributed by atoms with Crippen LogP contribution in [0.2, 0.25) is 10.0 Å². The Morgan fingerprint density at radius 3 is 2.39 bits per heavy atom. The minimum Gasteiger partial charge on any atom is -0.484 e. The van der Waals surface area contributed by atoms with E-state index in [1.165, 1.54) is 6.26 Å². The monoisotopic (exact) mass is 486 g/mol. The molecule has 2 aromatic rings. The number of anilines is 1. The second kappa shape index (κ2) is 12.2. The SMILES string of the molecule is CCCCN(CCNc1ccc(Cl)c(Cl)c1)C(=O)COc1ccc(CS(C)(=O)=O)cc1. The number of amides is 1. The van der Waals surface area contributed by atoms with Gasteiger partial charge in [-0.05, 0) is 42.3 Å². The maximum absolute atomic E-state index is 12.7. The van der Waals surface area contributed by atoms with Gasteiger partial charge in [-0.25, -0.2) is 8.42 Å². The minimum atomic E-state index is -3.09. The molecule has 1 amide bonds. The first kappa shape index (κ1) is 25.3. The van der Waals surface area contributed by atoms with Crippen LogP contribution >= 0.6 is 23.2 Å². The van der Waals surface area contributed by atoms with Crippen LogP contribution in [0.1, 0.15) is 25.3 Å². The Bertz CT molecular complexity index is 966. The van der Waals surface area contributed by atoms with Crippen molar-refractivity contribution < 1.29 is 17.9 Å². The van der Waals surface area contributed by atoms with Crippen LogP contribution in [0.15, 0.2) is 42.5 Å². The molecular formula is C22H28Cl2N2O4S. The highest BCUT2D eigenvalue weighted by atomic mass is 35.5. The number of unbranched alkanes of at least 4 members (excludes halogenated alkanes) is 1. The number of sulfone groups is 1. The van der Waals surface area contributed by atoms with Crippen LogP contribution in [0.25, 0.3) is 0 Å². The van der Waals surface area contributed by atoms with Gasteiger partial charge in [-0.3, -0.25) is 4.79 Å². The molecule has 0 aliphatic carbocycles. The predicted octanol–water partition coefficient (Wildman–Crippen LogP) is 4.66. The first-order valence-corrected chi connectivity index (χ1v) is 12.9. The average Bonchev–Trinajstić information content (AvgIpc) is 2.71. The molecule has 0 unspecified atom stereocenters. The van der Waals surface area contributed by atoms with Gasteiger partial charge in [0.05, 0.1) is 15.8 Å². The standard InChI is InChI=1S/C22H28Cl2N2O4S/c1-3-4-12-26(13-11-25-18-7-10-20(23)21(24)14-18)22(27)15-30-19-8-5-17(6-9-19)16-31(2,28)29/h5-10,14,25H,3-4,11-13,15-16H2,1-2H3. The van der Waals surface area contributed by atoms with Crippen molar-refractivity contribution in [2.45, 2.75) is 25.5 Å². The molecule has 2 rings (SSSR count). The summed E-state index contributed by atoms with van der Waals surface area (Å²) < 4.78 is 28.4. The fourth-order valence-corrected chi connectivity index (χ4v) is 3.97. The van der Waals surface area contributed by atoms with Crippen LogP contribution in [0, 0.1) is 0 Å². The fraction of sp³-hybridized carbons (Fsp3) is 0.409. The number of ether oxygens (including phenoxy) is 1. The zero-order chi connectivity index (χ0) is 22.9. The first-order valence-electron chi connectivity index (χ1n) is 10.0. The Balaban J connectivity index is 1.87. The highest BCUT2D eigenvalue weighted by Crippen LogP contribution is 2.24. The fourth-order valence-electron chi connectivity index (χ4n) is 2.87. The molecule has 0 aromatic heterocycles. The molecule has 0 heterocycles. The number of hydrogen-bond donors (Lipinski definition) is 1. The van der Waals surface area contributed by atoms with E-state index in [0.29, 0.717) is 41.0 Å². The van der Waals surface area contributed by atoms with Crippen LogP contribution in [0.5, 0.6) is 5.75 Å². The van der Waals surface area contributed by atoms with E-state index in [-0.39, 0.29) is 18.3 Å². The highest BCUT2D eigenvalue weighted by molar-refractivity contribution is 7.89. The highest BCUT2D eigenvalue weighted by Gasteiger charge is 2.14. The van der Waals surface area contributed by atoms with Crippen LogP contribution in [-0.2, 0) is 20.4 Å². The van der Waals surface area contributed by atoms with Crippen LogP contribution in [-0.4, -0.2) is 51.7 Å². The van der Waals surface area contributed by atoms with Gasteiger partial charge in [-0.1, -0.05) is 48.7 Å². The molecule has 0 spiro atoms. The van der Waals surface area contributed by atoms with Crippen LogP contribution in [0.4, 0.5) is 5.69 Å². The van der Waals surface area contributed by atoms with Gasteiger partial charge in [-0.15, -0.1) is 0 Å². The van der Waals surface area contributed by atoms with Gasteiger partial charge in [0, 0.05) is 31.6 Å². The second-order valence-electron chi connectivity index (χ2n) is 7.29. The Morgan fingerprint density at radius 2 is 1.77 bits per heavy atom. The number of nitrogens with one attached hydrogen (secondary N) is 1. The molecule has 0 saturated heterocycles. The second-order valence-corrected chi connectivity index (χ2v) is 10.2. The Kier molecular flexibility index (Phi) is 9.93. The van der Waals surface area contributed by atoms with Gasteiger partial charge in [0.2, 0.25) is 0 Å². The van der Waals surface area contributed by atoms with Gasteiger partial charge in [0.1, 0.15) is 5.75 Å². The van der Waals surface area contributed by atoms with E-state index < -0.39 is 9.84 Å². The number of hydrogen-bond acceptors (Lipinski definition) is 5. The zero-order valence-corrected chi connectivity index (χ0v) is 20.1. The maximum atomic E-state index is 12.7. The van der Waals surface area contributed by atoms with Gasteiger partial charge in [-0.2, -0.15) is 0 Å². The molecule has 170 valence electrons. The molecule has 0 saturated carbocycles. The number of benzene rings is 2. The van der Waals surface area contributed by atoms with Crippen molar-refractivity contribution in [1.82, 2.24) is 4.90 Å². The summed E-state index contributed by atoms with van der Waals surface area (Å²) in [6.45, 7) is 3.73. The van der Waals surface area contributed by atoms with E-state index in [1.54, 1.807) is 41.3 Å². The number of rotatable bonds is 12. The molecule has 31 heavy (non-hydrogen) atoms. The van der Waals surface area contributed by atoms with E-state index in [1.807, 2.05) is 6.07 Å². The lowest BCUT2D eigenvalue weighted by Crippen LogP contribution is -2.38. The molecule has 6 nitrogen and oxygen atoms in total. The summed E-state index contributed by atoms with van der Waals surface area (Å²) >= 11 is 12.0. The third kappa shape index (κ3) is 9.37. The molecule has 0 atom stereocenters. The molecule has 2 aromatic carbocycles. The van der Waals surface area contributed by atoms with E-state index in [9.17, 15) is 13.2 Å². The van der Waals surface area contributed by atoms with Crippen molar-refractivity contribution in [2.24, 2.45) is 0 Å². The van der Waals surface area contributed by atoms with Crippen molar-refractivity contribution in [2.75, 3.05) is 37.8 Å². The molecule has 0 bridgehead atoms. The summed E-state index contributed by atoms with van der Waals surface area (Å²) in [6.07, 6.45) is 3.07. The average molecular weight is 487 g/mol. The van der Waals surface area contributed by atoms with Gasteiger partial charge in [0.15, 0.2) is 16.4 Å². The molecule has 0 aliphatic heterocycles. The van der Waals surface area contributed by atoms with Crippen molar-refractivity contribution in [3.8, 4) is 5.75 Å². The van der Waals surface area contributed by atoms with E-state index >= 15 is 0 Å². The lowest BCUT2D eigenvalue weighted by molar-refractivity contribution is -0.133. The smallest absolute Gasteiger partial charge is 0.260 e. The zero-order valence-electron chi connectivity index (χ0n) is 17.7. The quantitative estimate of drug-likeness (QED) is 0.472. The lowest BCUT2D eigenvalue weighted by atomic mass is 10.2. The number of carbonyl (C=O) groups is 1. The van der Waals surface area contributed by atoms with Crippen molar-refractivity contribution >= 4 is 44.6 Å².